The fraction of sp³-hybridized carbons (Fsp3) is 0.636. The summed E-state index contributed by atoms with van der Waals surface area (Å²) in [5, 5.41) is 4.83. The Bertz CT molecular complexity index is 900. The molecule has 29 heavy (non-hydrogen) atoms. The van der Waals surface area contributed by atoms with Crippen molar-refractivity contribution in [1.29, 1.82) is 0 Å². The number of aryl methyl sites for hydroxylation is 2. The van der Waals surface area contributed by atoms with Gasteiger partial charge >= 0.3 is 0 Å². The van der Waals surface area contributed by atoms with Crippen LogP contribution in [0.15, 0.2) is 6.07 Å². The van der Waals surface area contributed by atoms with Crippen LogP contribution in [-0.2, 0) is 16.0 Å². The van der Waals surface area contributed by atoms with Gasteiger partial charge in [0, 0.05) is 62.4 Å². The molecule has 3 rings (SSSR count). The highest BCUT2D eigenvalue weighted by Gasteiger charge is 2.28. The van der Waals surface area contributed by atoms with Crippen molar-refractivity contribution in [2.45, 2.75) is 66.2 Å². The van der Waals surface area contributed by atoms with Crippen LogP contribution in [0.5, 0.6) is 0 Å². The fourth-order valence-corrected chi connectivity index (χ4v) is 4.32. The number of carbonyl (C=O) groups excluding carboxylic acids is 2. The van der Waals surface area contributed by atoms with E-state index in [2.05, 4.69) is 13.0 Å². The van der Waals surface area contributed by atoms with Crippen molar-refractivity contribution >= 4 is 17.5 Å². The molecule has 1 aliphatic rings. The second kappa shape index (κ2) is 8.93. The Morgan fingerprint density at radius 3 is 2.59 bits per heavy atom. The van der Waals surface area contributed by atoms with E-state index in [-0.39, 0.29) is 17.7 Å². The van der Waals surface area contributed by atoms with Gasteiger partial charge in [0.05, 0.1) is 5.69 Å². The summed E-state index contributed by atoms with van der Waals surface area (Å²) in [6.07, 6.45) is 2.65. The lowest BCUT2D eigenvalue weighted by molar-refractivity contribution is -0.131. The quantitative estimate of drug-likeness (QED) is 0.718. The number of hydrogen-bond acceptors (Lipinski definition) is 4. The predicted molar refractivity (Wildman–Crippen MR) is 113 cm³/mol. The average Bonchev–Trinajstić information content (AvgIpc) is 3.35. The van der Waals surface area contributed by atoms with Crippen molar-refractivity contribution in [2.24, 2.45) is 0 Å². The molecular formula is C22H33N5O2. The molecule has 0 bridgehead atoms. The standard InChI is InChI=1S/C22H33N5O2/c1-6-21(28)26-12-11-17(14-26)19-13-20-23-15(4)18(16(5)27(20)24-19)9-10-22(29)25(7-2)8-3/h13,17H,6-12,14H2,1-5H3/t17-/m1/s1. The minimum absolute atomic E-state index is 0.182. The number of hydrogen-bond donors (Lipinski definition) is 0. The van der Waals surface area contributed by atoms with Crippen LogP contribution in [0.25, 0.3) is 5.65 Å². The van der Waals surface area contributed by atoms with Crippen molar-refractivity contribution < 1.29 is 9.59 Å². The van der Waals surface area contributed by atoms with Crippen molar-refractivity contribution in [2.75, 3.05) is 26.2 Å². The van der Waals surface area contributed by atoms with Gasteiger partial charge in [-0.3, -0.25) is 9.59 Å². The number of amides is 2. The smallest absolute Gasteiger partial charge is 0.222 e. The van der Waals surface area contributed by atoms with Gasteiger partial charge < -0.3 is 9.80 Å². The van der Waals surface area contributed by atoms with Gasteiger partial charge in [-0.25, -0.2) is 9.50 Å². The van der Waals surface area contributed by atoms with Gasteiger partial charge in [0.2, 0.25) is 11.8 Å². The zero-order valence-electron chi connectivity index (χ0n) is 18.4. The second-order valence-corrected chi connectivity index (χ2v) is 7.85. The summed E-state index contributed by atoms with van der Waals surface area (Å²) in [5.41, 5.74) is 4.95. The number of fused-ring (bicyclic) bond motifs is 1. The number of nitrogens with zero attached hydrogens (tertiary/aromatic N) is 5. The molecule has 0 aliphatic carbocycles. The maximum Gasteiger partial charge on any atom is 0.222 e. The van der Waals surface area contributed by atoms with Crippen LogP contribution in [0.4, 0.5) is 0 Å². The van der Waals surface area contributed by atoms with E-state index in [9.17, 15) is 9.59 Å². The van der Waals surface area contributed by atoms with Crippen LogP contribution >= 0.6 is 0 Å². The summed E-state index contributed by atoms with van der Waals surface area (Å²) >= 11 is 0. The molecule has 1 fully saturated rings. The van der Waals surface area contributed by atoms with Gasteiger partial charge in [-0.1, -0.05) is 6.92 Å². The van der Waals surface area contributed by atoms with Gasteiger partial charge in [-0.2, -0.15) is 5.10 Å². The van der Waals surface area contributed by atoms with Gasteiger partial charge in [0.25, 0.3) is 0 Å². The molecule has 1 saturated heterocycles. The molecule has 0 unspecified atom stereocenters. The van der Waals surface area contributed by atoms with Gasteiger partial charge in [-0.05, 0) is 46.1 Å². The maximum absolute atomic E-state index is 12.4. The van der Waals surface area contributed by atoms with E-state index in [0.717, 1.165) is 60.9 Å². The number of likely N-dealkylation sites (tertiary alicyclic amines) is 1. The molecule has 158 valence electrons. The molecule has 0 spiro atoms. The molecule has 2 aromatic heterocycles. The molecule has 1 aliphatic heterocycles. The van der Waals surface area contributed by atoms with Gasteiger partial charge in [-0.15, -0.1) is 0 Å². The van der Waals surface area contributed by atoms with E-state index in [1.807, 2.05) is 42.0 Å². The van der Waals surface area contributed by atoms with Crippen molar-refractivity contribution in [3.63, 3.8) is 0 Å². The molecule has 3 heterocycles. The van der Waals surface area contributed by atoms with Crippen molar-refractivity contribution in [3.05, 3.63) is 28.7 Å². The fourth-order valence-electron chi connectivity index (χ4n) is 4.32. The van der Waals surface area contributed by atoms with E-state index >= 15 is 0 Å². The van der Waals surface area contributed by atoms with Crippen LogP contribution in [0.3, 0.4) is 0 Å². The van der Waals surface area contributed by atoms with Crippen LogP contribution < -0.4 is 0 Å². The summed E-state index contributed by atoms with van der Waals surface area (Å²) in [4.78, 5) is 32.9. The van der Waals surface area contributed by atoms with Crippen molar-refractivity contribution in [1.82, 2.24) is 24.4 Å². The Hall–Kier alpha value is -2.44. The Kier molecular flexibility index (Phi) is 6.55. The lowest BCUT2D eigenvalue weighted by Crippen LogP contribution is -2.30. The summed E-state index contributed by atoms with van der Waals surface area (Å²) < 4.78 is 1.91. The summed E-state index contributed by atoms with van der Waals surface area (Å²) in [6.45, 7) is 13.0. The zero-order valence-corrected chi connectivity index (χ0v) is 18.4. The zero-order chi connectivity index (χ0) is 21.1. The largest absolute Gasteiger partial charge is 0.343 e. The van der Waals surface area contributed by atoms with E-state index in [1.165, 1.54) is 0 Å². The van der Waals surface area contributed by atoms with Crippen LogP contribution in [0, 0.1) is 13.8 Å². The van der Waals surface area contributed by atoms with E-state index in [0.29, 0.717) is 19.3 Å². The van der Waals surface area contributed by atoms with E-state index in [4.69, 9.17) is 10.1 Å². The minimum Gasteiger partial charge on any atom is -0.343 e. The third-order valence-electron chi connectivity index (χ3n) is 6.15. The minimum atomic E-state index is 0.182. The highest BCUT2D eigenvalue weighted by molar-refractivity contribution is 5.76. The van der Waals surface area contributed by atoms with Crippen molar-refractivity contribution in [3.8, 4) is 0 Å². The predicted octanol–water partition coefficient (Wildman–Crippen LogP) is 2.87. The Morgan fingerprint density at radius 1 is 1.21 bits per heavy atom. The molecule has 2 amide bonds. The average molecular weight is 400 g/mol. The van der Waals surface area contributed by atoms with Crippen LogP contribution in [0.1, 0.15) is 68.6 Å². The Balaban J connectivity index is 1.80. The lowest BCUT2D eigenvalue weighted by Gasteiger charge is -2.19. The van der Waals surface area contributed by atoms with E-state index in [1.54, 1.807) is 0 Å². The highest BCUT2D eigenvalue weighted by Crippen LogP contribution is 2.28. The first-order valence-corrected chi connectivity index (χ1v) is 10.8. The molecule has 2 aromatic rings. The Morgan fingerprint density at radius 2 is 1.93 bits per heavy atom. The first-order chi connectivity index (χ1) is 13.9. The summed E-state index contributed by atoms with van der Waals surface area (Å²) in [5.74, 6) is 0.655. The second-order valence-electron chi connectivity index (χ2n) is 7.85. The third-order valence-corrected chi connectivity index (χ3v) is 6.15. The monoisotopic (exact) mass is 399 g/mol. The molecule has 0 saturated carbocycles. The first-order valence-electron chi connectivity index (χ1n) is 10.8. The van der Waals surface area contributed by atoms with Gasteiger partial charge in [0.1, 0.15) is 0 Å². The molecule has 0 radical (unpaired) electrons. The summed E-state index contributed by atoms with van der Waals surface area (Å²) in [7, 11) is 0. The number of rotatable bonds is 7. The molecular weight excluding hydrogens is 366 g/mol. The van der Waals surface area contributed by atoms with Crippen LogP contribution in [-0.4, -0.2) is 62.4 Å². The number of carbonyl (C=O) groups is 2. The Labute approximate surface area is 173 Å². The van der Waals surface area contributed by atoms with E-state index < -0.39 is 0 Å². The highest BCUT2D eigenvalue weighted by atomic mass is 16.2. The normalized spacial score (nSPS) is 16.6. The first kappa shape index (κ1) is 21.3. The molecule has 0 N–H and O–H groups in total. The van der Waals surface area contributed by atoms with Crippen LogP contribution in [0.2, 0.25) is 0 Å². The maximum atomic E-state index is 12.4. The molecule has 7 nitrogen and oxygen atoms in total. The topological polar surface area (TPSA) is 70.8 Å². The number of aromatic nitrogens is 3. The SMILES string of the molecule is CCC(=O)N1CC[C@@H](c2cc3nc(C)c(CCC(=O)N(CC)CC)c(C)n3n2)C1. The molecule has 1 atom stereocenters. The van der Waals surface area contributed by atoms with Gasteiger partial charge in [0.15, 0.2) is 5.65 Å². The summed E-state index contributed by atoms with van der Waals surface area (Å²) in [6, 6.07) is 2.05. The third kappa shape index (κ3) is 4.28. The molecule has 0 aromatic carbocycles. The lowest BCUT2D eigenvalue weighted by atomic mass is 10.1. The molecule has 7 heteroatoms.